The first kappa shape index (κ1) is 17.6. The zero-order valence-corrected chi connectivity index (χ0v) is 14.5. The van der Waals surface area contributed by atoms with Crippen molar-refractivity contribution in [1.29, 1.82) is 0 Å². The predicted octanol–water partition coefficient (Wildman–Crippen LogP) is 3.68. The number of benzene rings is 1. The third kappa shape index (κ3) is 5.15. The van der Waals surface area contributed by atoms with Gasteiger partial charge >= 0.3 is 0 Å². The molecule has 0 bridgehead atoms. The van der Waals surface area contributed by atoms with Crippen molar-refractivity contribution in [3.05, 3.63) is 33.8 Å². The van der Waals surface area contributed by atoms with Crippen LogP contribution in [0.25, 0.3) is 0 Å². The molecule has 2 rings (SSSR count). The van der Waals surface area contributed by atoms with E-state index in [1.807, 2.05) is 18.2 Å². The molecule has 1 heterocycles. The molecule has 1 saturated heterocycles. The van der Waals surface area contributed by atoms with Gasteiger partial charge in [-0.15, -0.1) is 0 Å². The van der Waals surface area contributed by atoms with Crippen LogP contribution in [0, 0.1) is 11.8 Å². The van der Waals surface area contributed by atoms with Gasteiger partial charge in [-0.05, 0) is 61.9 Å². The van der Waals surface area contributed by atoms with Gasteiger partial charge in [-0.25, -0.2) is 0 Å². The van der Waals surface area contributed by atoms with E-state index < -0.39 is 0 Å². The van der Waals surface area contributed by atoms with Gasteiger partial charge in [-0.1, -0.05) is 36.2 Å². The van der Waals surface area contributed by atoms with Crippen LogP contribution in [-0.2, 0) is 11.2 Å². The van der Waals surface area contributed by atoms with Crippen LogP contribution in [0.2, 0.25) is 10.0 Å². The fourth-order valence-electron chi connectivity index (χ4n) is 3.04. The standard InChI is InChI=1S/C17H24Cl2N2O/c1-12(13-5-8-20-9-6-13)11-17(22)21-10-7-14-15(18)3-2-4-16(14)19/h2-4,12-13,20H,5-11H2,1H3,(H,21,22). The van der Waals surface area contributed by atoms with E-state index in [1.54, 1.807) is 0 Å². The van der Waals surface area contributed by atoms with Crippen LogP contribution in [0.4, 0.5) is 0 Å². The third-order valence-corrected chi connectivity index (χ3v) is 5.16. The zero-order chi connectivity index (χ0) is 15.9. The predicted molar refractivity (Wildman–Crippen MR) is 92.6 cm³/mol. The van der Waals surface area contributed by atoms with Crippen molar-refractivity contribution in [1.82, 2.24) is 10.6 Å². The molecule has 3 nitrogen and oxygen atoms in total. The van der Waals surface area contributed by atoms with Gasteiger partial charge in [0.1, 0.15) is 0 Å². The van der Waals surface area contributed by atoms with Crippen LogP contribution in [0.1, 0.15) is 31.7 Å². The number of amides is 1. The van der Waals surface area contributed by atoms with Gasteiger partial charge in [0.05, 0.1) is 0 Å². The molecule has 1 aromatic rings. The number of hydrogen-bond acceptors (Lipinski definition) is 2. The van der Waals surface area contributed by atoms with Crippen molar-refractivity contribution in [3.63, 3.8) is 0 Å². The summed E-state index contributed by atoms with van der Waals surface area (Å²) in [5.41, 5.74) is 0.900. The van der Waals surface area contributed by atoms with E-state index in [2.05, 4.69) is 17.6 Å². The molecule has 5 heteroatoms. The largest absolute Gasteiger partial charge is 0.356 e. The molecule has 0 aliphatic carbocycles. The number of hydrogen-bond donors (Lipinski definition) is 2. The maximum absolute atomic E-state index is 12.1. The molecule has 2 N–H and O–H groups in total. The molecule has 1 aliphatic rings. The minimum atomic E-state index is 0.120. The van der Waals surface area contributed by atoms with Crippen LogP contribution in [-0.4, -0.2) is 25.5 Å². The van der Waals surface area contributed by atoms with Crippen molar-refractivity contribution >= 4 is 29.1 Å². The monoisotopic (exact) mass is 342 g/mol. The van der Waals surface area contributed by atoms with Crippen LogP contribution < -0.4 is 10.6 Å². The second kappa shape index (κ2) is 8.76. The maximum Gasteiger partial charge on any atom is 0.220 e. The number of carbonyl (C=O) groups is 1. The molecule has 1 aliphatic heterocycles. The van der Waals surface area contributed by atoms with Gasteiger partial charge in [0.25, 0.3) is 0 Å². The molecule has 122 valence electrons. The van der Waals surface area contributed by atoms with Crippen molar-refractivity contribution in [2.75, 3.05) is 19.6 Å². The highest BCUT2D eigenvalue weighted by molar-refractivity contribution is 6.35. The van der Waals surface area contributed by atoms with Crippen molar-refractivity contribution in [2.24, 2.45) is 11.8 Å². The summed E-state index contributed by atoms with van der Waals surface area (Å²) in [6.45, 7) is 4.89. The van der Waals surface area contributed by atoms with Crippen molar-refractivity contribution in [3.8, 4) is 0 Å². The maximum atomic E-state index is 12.1. The molecule has 22 heavy (non-hydrogen) atoms. The van der Waals surface area contributed by atoms with Crippen LogP contribution >= 0.6 is 23.2 Å². The minimum absolute atomic E-state index is 0.120. The molecule has 1 fully saturated rings. The lowest BCUT2D eigenvalue weighted by Gasteiger charge is -2.27. The van der Waals surface area contributed by atoms with E-state index >= 15 is 0 Å². The van der Waals surface area contributed by atoms with E-state index in [4.69, 9.17) is 23.2 Å². The van der Waals surface area contributed by atoms with E-state index in [0.717, 1.165) is 18.7 Å². The van der Waals surface area contributed by atoms with Gasteiger partial charge in [-0.2, -0.15) is 0 Å². The fraction of sp³-hybridized carbons (Fsp3) is 0.588. The van der Waals surface area contributed by atoms with E-state index in [9.17, 15) is 4.79 Å². The Hall–Kier alpha value is -0.770. The second-order valence-corrected chi connectivity index (χ2v) is 6.88. The molecule has 1 unspecified atom stereocenters. The van der Waals surface area contributed by atoms with E-state index in [-0.39, 0.29) is 5.91 Å². The minimum Gasteiger partial charge on any atom is -0.356 e. The van der Waals surface area contributed by atoms with Crippen molar-refractivity contribution < 1.29 is 4.79 Å². The first-order chi connectivity index (χ1) is 10.6. The highest BCUT2D eigenvalue weighted by Crippen LogP contribution is 2.25. The number of nitrogens with one attached hydrogen (secondary N) is 2. The first-order valence-corrected chi connectivity index (χ1v) is 8.74. The van der Waals surface area contributed by atoms with E-state index in [1.165, 1.54) is 12.8 Å². The fourth-order valence-corrected chi connectivity index (χ4v) is 3.63. The molecule has 0 saturated carbocycles. The molecule has 1 atom stereocenters. The summed E-state index contributed by atoms with van der Waals surface area (Å²) in [6, 6.07) is 5.47. The van der Waals surface area contributed by atoms with Crippen LogP contribution in [0.5, 0.6) is 0 Å². The molecule has 1 amide bonds. The Morgan fingerprint density at radius 1 is 1.32 bits per heavy atom. The molecule has 0 radical (unpaired) electrons. The Morgan fingerprint density at radius 2 is 1.95 bits per heavy atom. The summed E-state index contributed by atoms with van der Waals surface area (Å²) in [4.78, 5) is 12.1. The SMILES string of the molecule is CC(CC(=O)NCCc1c(Cl)cccc1Cl)C1CCNCC1. The average Bonchev–Trinajstić information content (AvgIpc) is 2.51. The molecule has 0 spiro atoms. The number of carbonyl (C=O) groups excluding carboxylic acids is 1. The summed E-state index contributed by atoms with van der Waals surface area (Å²) in [7, 11) is 0. The Morgan fingerprint density at radius 3 is 2.59 bits per heavy atom. The van der Waals surface area contributed by atoms with Gasteiger partial charge < -0.3 is 10.6 Å². The summed E-state index contributed by atoms with van der Waals surface area (Å²) < 4.78 is 0. The summed E-state index contributed by atoms with van der Waals surface area (Å²) in [5.74, 6) is 1.21. The quantitative estimate of drug-likeness (QED) is 0.827. The van der Waals surface area contributed by atoms with Gasteiger partial charge in [0, 0.05) is 23.0 Å². The summed E-state index contributed by atoms with van der Waals surface area (Å²) >= 11 is 12.3. The van der Waals surface area contributed by atoms with Gasteiger partial charge in [0.15, 0.2) is 0 Å². The summed E-state index contributed by atoms with van der Waals surface area (Å²) in [6.07, 6.45) is 3.60. The number of halogens is 2. The normalized spacial score (nSPS) is 17.2. The lowest BCUT2D eigenvalue weighted by molar-refractivity contribution is -0.122. The smallest absolute Gasteiger partial charge is 0.220 e. The van der Waals surface area contributed by atoms with Crippen LogP contribution in [0.15, 0.2) is 18.2 Å². The first-order valence-electron chi connectivity index (χ1n) is 7.98. The number of rotatable bonds is 6. The lowest BCUT2D eigenvalue weighted by atomic mass is 9.84. The zero-order valence-electron chi connectivity index (χ0n) is 13.0. The lowest BCUT2D eigenvalue weighted by Crippen LogP contribution is -2.34. The van der Waals surface area contributed by atoms with Gasteiger partial charge in [-0.3, -0.25) is 4.79 Å². The van der Waals surface area contributed by atoms with Gasteiger partial charge in [0.2, 0.25) is 5.91 Å². The van der Waals surface area contributed by atoms with Crippen molar-refractivity contribution in [2.45, 2.75) is 32.6 Å². The summed E-state index contributed by atoms with van der Waals surface area (Å²) in [5, 5.41) is 7.66. The third-order valence-electron chi connectivity index (χ3n) is 4.45. The van der Waals surface area contributed by atoms with Crippen LogP contribution in [0.3, 0.4) is 0 Å². The average molecular weight is 343 g/mol. The molecule has 0 aromatic heterocycles. The number of piperidine rings is 1. The second-order valence-electron chi connectivity index (χ2n) is 6.07. The topological polar surface area (TPSA) is 41.1 Å². The molecule has 1 aromatic carbocycles. The Labute approximate surface area is 142 Å². The Kier molecular flexibility index (Phi) is 7.00. The molecular weight excluding hydrogens is 319 g/mol. The Bertz CT molecular complexity index is 481. The highest BCUT2D eigenvalue weighted by Gasteiger charge is 2.21. The van der Waals surface area contributed by atoms with E-state index in [0.29, 0.717) is 41.3 Å². The molecular formula is C17H24Cl2N2O. The Balaban J connectivity index is 1.73. The highest BCUT2D eigenvalue weighted by atomic mass is 35.5.